The normalized spacial score (nSPS) is 13.9. The molecule has 2 nitrogen and oxygen atoms in total. The molecule has 0 aliphatic heterocycles. The maximum atomic E-state index is 12.3. The summed E-state index contributed by atoms with van der Waals surface area (Å²) in [6.45, 7) is -1.08. The van der Waals surface area contributed by atoms with E-state index in [4.69, 9.17) is 4.52 Å². The summed E-state index contributed by atoms with van der Waals surface area (Å²) in [7, 11) is 0. The molecule has 0 fully saturated rings. The number of hydrogen-bond donors (Lipinski definition) is 0. The van der Waals surface area contributed by atoms with Crippen LogP contribution in [-0.2, 0) is 4.57 Å². The van der Waals surface area contributed by atoms with E-state index in [1.54, 1.807) is 6.66 Å². The van der Waals surface area contributed by atoms with Gasteiger partial charge in [-0.3, -0.25) is 4.57 Å². The zero-order valence-corrected chi connectivity index (χ0v) is 11.2. The molecule has 1 atom stereocenters. The summed E-state index contributed by atoms with van der Waals surface area (Å²) in [6.07, 6.45) is 0. The van der Waals surface area contributed by atoms with Crippen molar-refractivity contribution >= 4 is 18.0 Å². The van der Waals surface area contributed by atoms with Gasteiger partial charge in [0.15, 0.2) is 0 Å². The van der Waals surface area contributed by atoms with E-state index in [0.29, 0.717) is 5.75 Å². The Bertz CT molecular complexity index is 468. The molecule has 2 aromatic rings. The minimum Gasteiger partial charge on any atom is -0.436 e. The van der Waals surface area contributed by atoms with E-state index >= 15 is 0 Å². The molecule has 2 rings (SSSR count). The first-order valence-corrected chi connectivity index (χ1v) is 8.72. The Morgan fingerprint density at radius 1 is 0.941 bits per heavy atom. The fourth-order valence-electron chi connectivity index (χ4n) is 1.36. The monoisotopic (exact) mass is 264 g/mol. The average Bonchev–Trinajstić information content (AvgIpc) is 2.30. The molecule has 0 N–H and O–H groups in total. The predicted octanol–water partition coefficient (Wildman–Crippen LogP) is 4.68. The van der Waals surface area contributed by atoms with Crippen LogP contribution < -0.4 is 4.52 Å². The quantitative estimate of drug-likeness (QED) is 0.750. The summed E-state index contributed by atoms with van der Waals surface area (Å²) in [6, 6.07) is 18.9. The smallest absolute Gasteiger partial charge is 0.304 e. The van der Waals surface area contributed by atoms with Crippen molar-refractivity contribution in [3.8, 4) is 5.75 Å². The fourth-order valence-corrected chi connectivity index (χ4v) is 4.45. The Balaban J connectivity index is 2.07. The van der Waals surface area contributed by atoms with Crippen molar-refractivity contribution in [2.24, 2.45) is 0 Å². The number of benzene rings is 2. The minimum absolute atomic E-state index is 0.641. The van der Waals surface area contributed by atoms with Crippen LogP contribution in [0.25, 0.3) is 0 Å². The lowest BCUT2D eigenvalue weighted by atomic mass is 10.3. The maximum absolute atomic E-state index is 12.3. The van der Waals surface area contributed by atoms with Gasteiger partial charge in [0.2, 0.25) is 0 Å². The van der Waals surface area contributed by atoms with Crippen LogP contribution >= 0.6 is 18.0 Å². The Labute approximate surface area is 105 Å². The van der Waals surface area contributed by atoms with Gasteiger partial charge >= 0.3 is 6.57 Å². The van der Waals surface area contributed by atoms with Crippen molar-refractivity contribution in [1.82, 2.24) is 0 Å². The lowest BCUT2D eigenvalue weighted by Crippen LogP contribution is -1.87. The molecule has 0 amide bonds. The highest BCUT2D eigenvalue weighted by Crippen LogP contribution is 2.59. The van der Waals surface area contributed by atoms with Crippen molar-refractivity contribution in [2.45, 2.75) is 4.90 Å². The number of hydrogen-bond acceptors (Lipinski definition) is 3. The molecule has 2 aromatic carbocycles. The molecule has 0 saturated heterocycles. The van der Waals surface area contributed by atoms with Gasteiger partial charge in [0.05, 0.1) is 0 Å². The van der Waals surface area contributed by atoms with Gasteiger partial charge in [0.1, 0.15) is 5.75 Å². The zero-order valence-electron chi connectivity index (χ0n) is 9.45. The molecule has 0 spiro atoms. The first-order chi connectivity index (χ1) is 8.16. The Morgan fingerprint density at radius 3 is 2.06 bits per heavy atom. The molecule has 17 heavy (non-hydrogen) atoms. The Hall–Kier alpha value is -1.18. The lowest BCUT2D eigenvalue weighted by Gasteiger charge is -2.14. The summed E-state index contributed by atoms with van der Waals surface area (Å²) < 4.78 is 17.8. The van der Waals surface area contributed by atoms with Gasteiger partial charge in [0.25, 0.3) is 0 Å². The second kappa shape index (κ2) is 5.44. The lowest BCUT2D eigenvalue weighted by molar-refractivity contribution is 0.505. The molecule has 0 saturated carbocycles. The highest BCUT2D eigenvalue weighted by Gasteiger charge is 2.19. The van der Waals surface area contributed by atoms with E-state index in [1.807, 2.05) is 60.7 Å². The van der Waals surface area contributed by atoms with Crippen LogP contribution in [0, 0.1) is 0 Å². The highest BCUT2D eigenvalue weighted by molar-refractivity contribution is 8.56. The van der Waals surface area contributed by atoms with Crippen molar-refractivity contribution in [3.05, 3.63) is 60.7 Å². The van der Waals surface area contributed by atoms with Crippen molar-refractivity contribution in [3.63, 3.8) is 0 Å². The first-order valence-electron chi connectivity index (χ1n) is 5.22. The van der Waals surface area contributed by atoms with Crippen molar-refractivity contribution < 1.29 is 9.09 Å². The Kier molecular flexibility index (Phi) is 3.93. The van der Waals surface area contributed by atoms with Gasteiger partial charge in [-0.15, -0.1) is 0 Å². The van der Waals surface area contributed by atoms with Crippen LogP contribution in [-0.4, -0.2) is 6.66 Å². The Morgan fingerprint density at radius 2 is 1.47 bits per heavy atom. The van der Waals surface area contributed by atoms with Gasteiger partial charge in [-0.2, -0.15) is 0 Å². The molecule has 0 aliphatic rings. The fraction of sp³-hybridized carbons (Fsp3) is 0.0769. The molecule has 0 aliphatic carbocycles. The summed E-state index contributed by atoms with van der Waals surface area (Å²) in [4.78, 5) is 0.953. The average molecular weight is 264 g/mol. The largest absolute Gasteiger partial charge is 0.436 e. The summed E-state index contributed by atoms with van der Waals surface area (Å²) in [5.41, 5.74) is 0. The number of para-hydroxylation sites is 1. The molecular weight excluding hydrogens is 251 g/mol. The maximum Gasteiger partial charge on any atom is 0.304 e. The molecular formula is C13H13O2PS. The summed E-state index contributed by atoms with van der Waals surface area (Å²) in [5.74, 6) is 0.641. The van der Waals surface area contributed by atoms with Gasteiger partial charge < -0.3 is 4.52 Å². The SMILES string of the molecule is CP(=O)(Oc1ccccc1)Sc1ccccc1. The van der Waals surface area contributed by atoms with Crippen LogP contribution in [0.4, 0.5) is 0 Å². The molecule has 0 radical (unpaired) electrons. The van der Waals surface area contributed by atoms with E-state index in [1.165, 1.54) is 11.4 Å². The minimum atomic E-state index is -2.72. The van der Waals surface area contributed by atoms with Crippen molar-refractivity contribution in [1.29, 1.82) is 0 Å². The number of rotatable bonds is 4. The third-order valence-electron chi connectivity index (χ3n) is 2.03. The van der Waals surface area contributed by atoms with Crippen LogP contribution in [0.15, 0.2) is 65.6 Å². The molecule has 4 heteroatoms. The van der Waals surface area contributed by atoms with Crippen LogP contribution in [0.5, 0.6) is 5.75 Å². The van der Waals surface area contributed by atoms with Gasteiger partial charge in [-0.1, -0.05) is 36.4 Å². The zero-order chi connectivity index (χ0) is 12.1. The highest BCUT2D eigenvalue weighted by atomic mass is 32.7. The third kappa shape index (κ3) is 3.95. The van der Waals surface area contributed by atoms with E-state index in [9.17, 15) is 4.57 Å². The molecule has 0 heterocycles. The van der Waals surface area contributed by atoms with E-state index in [-0.39, 0.29) is 0 Å². The van der Waals surface area contributed by atoms with Gasteiger partial charge in [0, 0.05) is 11.6 Å². The van der Waals surface area contributed by atoms with Crippen LogP contribution in [0.2, 0.25) is 0 Å². The molecule has 1 unspecified atom stereocenters. The second-order valence-electron chi connectivity index (χ2n) is 3.58. The third-order valence-corrected chi connectivity index (χ3v) is 5.24. The van der Waals surface area contributed by atoms with Gasteiger partial charge in [-0.05, 0) is 35.6 Å². The van der Waals surface area contributed by atoms with Crippen LogP contribution in [0.1, 0.15) is 0 Å². The van der Waals surface area contributed by atoms with E-state index in [2.05, 4.69) is 0 Å². The predicted molar refractivity (Wildman–Crippen MR) is 72.9 cm³/mol. The molecule has 0 bridgehead atoms. The van der Waals surface area contributed by atoms with E-state index < -0.39 is 6.57 Å². The van der Waals surface area contributed by atoms with Crippen LogP contribution in [0.3, 0.4) is 0 Å². The second-order valence-corrected chi connectivity index (χ2v) is 8.50. The standard InChI is InChI=1S/C13H13O2PS/c1-16(14,15-12-8-4-2-5-9-12)17-13-10-6-3-7-11-13/h2-11H,1H3. The molecule has 88 valence electrons. The summed E-state index contributed by atoms with van der Waals surface area (Å²) >= 11 is 1.27. The van der Waals surface area contributed by atoms with Gasteiger partial charge in [-0.25, -0.2) is 0 Å². The summed E-state index contributed by atoms with van der Waals surface area (Å²) in [5, 5.41) is 0. The first kappa shape index (κ1) is 12.3. The van der Waals surface area contributed by atoms with Crippen molar-refractivity contribution in [2.75, 3.05) is 6.66 Å². The topological polar surface area (TPSA) is 26.3 Å². The molecule has 0 aromatic heterocycles. The van der Waals surface area contributed by atoms with E-state index in [0.717, 1.165) is 4.90 Å².